The van der Waals surface area contributed by atoms with E-state index in [1.807, 2.05) is 0 Å². The van der Waals surface area contributed by atoms with Crippen LogP contribution in [0.4, 0.5) is 5.95 Å². The summed E-state index contributed by atoms with van der Waals surface area (Å²) in [6.07, 6.45) is 7.63. The zero-order chi connectivity index (χ0) is 12.1. The predicted molar refractivity (Wildman–Crippen MR) is 72.0 cm³/mol. The lowest BCUT2D eigenvalue weighted by Gasteiger charge is -2.24. The number of nitrogens with one attached hydrogen (secondary N) is 1. The van der Waals surface area contributed by atoms with Crippen LogP contribution in [0.15, 0.2) is 6.20 Å². The van der Waals surface area contributed by atoms with Crippen molar-refractivity contribution in [2.75, 3.05) is 24.5 Å². The zero-order valence-electron chi connectivity index (χ0n) is 11.1. The van der Waals surface area contributed by atoms with E-state index >= 15 is 0 Å². The maximum Gasteiger partial charge on any atom is 0.206 e. The Labute approximate surface area is 108 Å². The van der Waals surface area contributed by atoms with E-state index in [9.17, 15) is 0 Å². The Morgan fingerprint density at radius 3 is 2.94 bits per heavy atom. The largest absolute Gasteiger partial charge is 0.340 e. The van der Waals surface area contributed by atoms with Gasteiger partial charge in [0.25, 0.3) is 0 Å². The molecule has 2 saturated heterocycles. The number of nitrogens with zero attached hydrogens (tertiary/aromatic N) is 3. The van der Waals surface area contributed by atoms with Crippen molar-refractivity contribution in [1.82, 2.24) is 14.9 Å². The summed E-state index contributed by atoms with van der Waals surface area (Å²) in [5.74, 6) is 2.06. The lowest BCUT2D eigenvalue weighted by Crippen LogP contribution is -2.40. The summed E-state index contributed by atoms with van der Waals surface area (Å²) in [5, 5.41) is 3.67. The number of aryl methyl sites for hydroxylation is 1. The molecule has 98 valence electrons. The maximum absolute atomic E-state index is 4.77. The number of rotatable bonds is 2. The minimum atomic E-state index is 0.698. The van der Waals surface area contributed by atoms with Crippen LogP contribution in [-0.2, 0) is 0 Å². The first-order chi connectivity index (χ1) is 8.81. The highest BCUT2D eigenvalue weighted by Gasteiger charge is 2.37. The highest BCUT2D eigenvalue weighted by atomic mass is 15.3. The van der Waals surface area contributed by atoms with E-state index in [0.29, 0.717) is 6.04 Å². The molecular weight excluding hydrogens is 224 g/mol. The summed E-state index contributed by atoms with van der Waals surface area (Å²) in [4.78, 5) is 7.29. The van der Waals surface area contributed by atoms with E-state index in [1.54, 1.807) is 0 Å². The average molecular weight is 246 g/mol. The first-order valence-electron chi connectivity index (χ1n) is 7.35. The minimum absolute atomic E-state index is 0.698. The van der Waals surface area contributed by atoms with Crippen LogP contribution in [0.2, 0.25) is 0 Å². The Morgan fingerprint density at radius 1 is 1.28 bits per heavy atom. The minimum Gasteiger partial charge on any atom is -0.340 e. The van der Waals surface area contributed by atoms with Crippen LogP contribution in [0.5, 0.6) is 0 Å². The van der Waals surface area contributed by atoms with E-state index < -0.39 is 0 Å². The van der Waals surface area contributed by atoms with Gasteiger partial charge in [0.1, 0.15) is 0 Å². The van der Waals surface area contributed by atoms with Crippen LogP contribution >= 0.6 is 0 Å². The molecule has 1 N–H and O–H groups in total. The third-order valence-electron chi connectivity index (χ3n) is 4.66. The van der Waals surface area contributed by atoms with Gasteiger partial charge < -0.3 is 14.8 Å². The van der Waals surface area contributed by atoms with Crippen molar-refractivity contribution < 1.29 is 0 Å². The van der Waals surface area contributed by atoms with Gasteiger partial charge in [0.05, 0.1) is 5.69 Å². The molecule has 1 aromatic heterocycles. The smallest absolute Gasteiger partial charge is 0.206 e. The molecule has 0 radical (unpaired) electrons. The van der Waals surface area contributed by atoms with Gasteiger partial charge >= 0.3 is 0 Å². The van der Waals surface area contributed by atoms with Crippen LogP contribution in [0, 0.1) is 12.8 Å². The van der Waals surface area contributed by atoms with Crippen molar-refractivity contribution in [3.05, 3.63) is 11.9 Å². The van der Waals surface area contributed by atoms with E-state index in [4.69, 9.17) is 4.98 Å². The fourth-order valence-corrected chi connectivity index (χ4v) is 3.57. The molecule has 18 heavy (non-hydrogen) atoms. The molecule has 4 nitrogen and oxygen atoms in total. The number of hydrogen-bond donors (Lipinski definition) is 1. The van der Waals surface area contributed by atoms with Gasteiger partial charge in [0.2, 0.25) is 5.95 Å². The Kier molecular flexibility index (Phi) is 2.40. The SMILES string of the molecule is Cc1cn(C2CC2)c(N2CC3CCCNC3C2)n1. The molecule has 4 rings (SSSR count). The highest BCUT2D eigenvalue weighted by molar-refractivity contribution is 5.37. The van der Waals surface area contributed by atoms with Crippen molar-refractivity contribution in [2.45, 2.75) is 44.7 Å². The summed E-state index contributed by atoms with van der Waals surface area (Å²) in [6.45, 7) is 5.66. The summed E-state index contributed by atoms with van der Waals surface area (Å²) in [5.41, 5.74) is 1.17. The van der Waals surface area contributed by atoms with Crippen LogP contribution in [-0.4, -0.2) is 35.2 Å². The second-order valence-electron chi connectivity index (χ2n) is 6.19. The van der Waals surface area contributed by atoms with E-state index in [0.717, 1.165) is 18.5 Å². The Bertz CT molecular complexity index is 435. The van der Waals surface area contributed by atoms with Crippen molar-refractivity contribution in [2.24, 2.45) is 5.92 Å². The van der Waals surface area contributed by atoms with Crippen LogP contribution in [0.3, 0.4) is 0 Å². The Morgan fingerprint density at radius 2 is 2.17 bits per heavy atom. The third kappa shape index (κ3) is 1.74. The summed E-state index contributed by atoms with van der Waals surface area (Å²) in [6, 6.07) is 1.43. The van der Waals surface area contributed by atoms with E-state index in [-0.39, 0.29) is 0 Å². The van der Waals surface area contributed by atoms with Gasteiger partial charge in [-0.25, -0.2) is 4.98 Å². The van der Waals surface area contributed by atoms with Gasteiger partial charge in [-0.1, -0.05) is 0 Å². The first-order valence-corrected chi connectivity index (χ1v) is 7.35. The number of imidazole rings is 1. The van der Waals surface area contributed by atoms with Crippen LogP contribution in [0.1, 0.15) is 37.4 Å². The fraction of sp³-hybridized carbons (Fsp3) is 0.786. The van der Waals surface area contributed by atoms with Crippen LogP contribution in [0.25, 0.3) is 0 Å². The molecule has 1 aromatic rings. The molecule has 4 heteroatoms. The quantitative estimate of drug-likeness (QED) is 0.862. The lowest BCUT2D eigenvalue weighted by molar-refractivity contribution is 0.340. The van der Waals surface area contributed by atoms with Gasteiger partial charge in [-0.2, -0.15) is 0 Å². The summed E-state index contributed by atoms with van der Waals surface area (Å²) < 4.78 is 2.42. The average Bonchev–Trinajstić information content (AvgIpc) is 3.00. The van der Waals surface area contributed by atoms with Gasteiger partial charge in [-0.15, -0.1) is 0 Å². The normalized spacial score (nSPS) is 31.7. The van der Waals surface area contributed by atoms with Crippen molar-refractivity contribution in [3.8, 4) is 0 Å². The first kappa shape index (κ1) is 10.9. The molecular formula is C14H22N4. The topological polar surface area (TPSA) is 33.1 Å². The van der Waals surface area contributed by atoms with Gasteiger partial charge in [0.15, 0.2) is 0 Å². The zero-order valence-corrected chi connectivity index (χ0v) is 11.1. The molecule has 0 amide bonds. The fourth-order valence-electron chi connectivity index (χ4n) is 3.57. The standard InChI is InChI=1S/C14H22N4/c1-10-7-18(12-4-5-12)14(16-10)17-8-11-3-2-6-15-13(11)9-17/h7,11-13,15H,2-6,8-9H2,1H3. The number of hydrogen-bond acceptors (Lipinski definition) is 3. The predicted octanol–water partition coefficient (Wildman–Crippen LogP) is 1.71. The second kappa shape index (κ2) is 3.98. The molecule has 3 heterocycles. The highest BCUT2D eigenvalue weighted by Crippen LogP contribution is 2.39. The van der Waals surface area contributed by atoms with Crippen LogP contribution < -0.4 is 10.2 Å². The maximum atomic E-state index is 4.77. The molecule has 2 aliphatic heterocycles. The number of anilines is 1. The third-order valence-corrected chi connectivity index (χ3v) is 4.66. The van der Waals surface area contributed by atoms with E-state index in [1.165, 1.54) is 50.4 Å². The second-order valence-corrected chi connectivity index (χ2v) is 6.19. The summed E-state index contributed by atoms with van der Waals surface area (Å²) >= 11 is 0. The van der Waals surface area contributed by atoms with E-state index in [2.05, 4.69) is 27.9 Å². The molecule has 0 bridgehead atoms. The summed E-state index contributed by atoms with van der Waals surface area (Å²) in [7, 11) is 0. The number of aromatic nitrogens is 2. The Balaban J connectivity index is 1.59. The molecule has 3 aliphatic rings. The monoisotopic (exact) mass is 246 g/mol. The number of piperidine rings is 1. The van der Waals surface area contributed by atoms with Crippen molar-refractivity contribution in [1.29, 1.82) is 0 Å². The molecule has 1 saturated carbocycles. The van der Waals surface area contributed by atoms with Gasteiger partial charge in [0, 0.05) is 31.4 Å². The number of fused-ring (bicyclic) bond motifs is 1. The molecule has 3 fully saturated rings. The van der Waals surface area contributed by atoms with Gasteiger partial charge in [-0.3, -0.25) is 0 Å². The molecule has 0 spiro atoms. The molecule has 1 aliphatic carbocycles. The van der Waals surface area contributed by atoms with Gasteiger partial charge in [-0.05, 0) is 45.1 Å². The lowest BCUT2D eigenvalue weighted by atomic mass is 9.94. The molecule has 2 atom stereocenters. The molecule has 2 unspecified atom stereocenters. The van der Waals surface area contributed by atoms with Crippen molar-refractivity contribution >= 4 is 5.95 Å². The Hall–Kier alpha value is -1.03. The van der Waals surface area contributed by atoms with Crippen molar-refractivity contribution in [3.63, 3.8) is 0 Å². The molecule has 0 aromatic carbocycles.